The number of nitrogens with zero attached hydrogens (tertiary/aromatic N) is 3. The van der Waals surface area contributed by atoms with Crippen molar-refractivity contribution < 1.29 is 31.5 Å². The molecule has 6 aromatic carbocycles. The number of fused-ring (bicyclic) bond motifs is 6. The molecule has 44 heavy (non-hydrogen) atoms. The summed E-state index contributed by atoms with van der Waals surface area (Å²) in [6.45, 7) is 0. The largest absolute Gasteiger partial charge is 0.208 e. The molecule has 9 aromatic rings. The fourth-order valence-electron chi connectivity index (χ4n) is 4.56. The van der Waals surface area contributed by atoms with Crippen LogP contribution in [0.3, 0.4) is 0 Å². The fraction of sp³-hybridized carbons (Fsp3) is 0. The number of rotatable bonds is 4. The Morgan fingerprint density at radius 2 is 1.02 bits per heavy atom. The molecular weight excluding hydrogens is 575 g/mol. The highest BCUT2D eigenvalue weighted by molar-refractivity contribution is 7.26. The third-order valence-corrected chi connectivity index (χ3v) is 8.65. The second kappa shape index (κ2) is 10.2. The molecule has 0 aliphatic rings. The van der Waals surface area contributed by atoms with Crippen LogP contribution in [0.5, 0.6) is 0 Å². The minimum absolute atomic E-state index is 0.0510. The third-order valence-electron chi connectivity index (χ3n) is 6.50. The lowest BCUT2D eigenvalue weighted by atomic mass is 10.0. The maximum Gasteiger partial charge on any atom is 0.165 e. The number of thiophene rings is 2. The molecule has 206 valence electrons. The van der Waals surface area contributed by atoms with Gasteiger partial charge < -0.3 is 0 Å². The van der Waals surface area contributed by atoms with E-state index >= 15 is 0 Å². The van der Waals surface area contributed by atoms with Crippen LogP contribution in [-0.4, -0.2) is 15.0 Å². The summed E-state index contributed by atoms with van der Waals surface area (Å²) in [6.07, 6.45) is 0. The van der Waals surface area contributed by atoms with Crippen LogP contribution in [-0.2, 0) is 0 Å². The summed E-state index contributed by atoms with van der Waals surface area (Å²) >= 11 is 1.39. The van der Waals surface area contributed by atoms with E-state index in [-0.39, 0.29) is 45.9 Å². The summed E-state index contributed by atoms with van der Waals surface area (Å²) in [5.41, 5.74) is -2.59. The Balaban J connectivity index is 1.42. The Labute approximate surface area is 294 Å². The maximum absolute atomic E-state index is 9.52. The normalized spacial score (nSPS) is 19.0. The van der Waals surface area contributed by atoms with Gasteiger partial charge in [-0.3, -0.25) is 0 Å². The molecule has 3 nitrogen and oxygen atoms in total. The van der Waals surface area contributed by atoms with Crippen molar-refractivity contribution in [3.63, 3.8) is 0 Å². The monoisotopic (exact) mass is 620 g/mol. The predicted octanol–water partition coefficient (Wildman–Crippen LogP) is 11.3. The van der Waals surface area contributed by atoms with Gasteiger partial charge in [-0.05, 0) is 41.3 Å². The van der Waals surface area contributed by atoms with E-state index in [9.17, 15) is 5.48 Å². The minimum atomic E-state index is -0.806. The van der Waals surface area contributed by atoms with Crippen molar-refractivity contribution in [2.45, 2.75) is 0 Å². The van der Waals surface area contributed by atoms with Crippen LogP contribution in [0, 0.1) is 0 Å². The first-order valence-corrected chi connectivity index (χ1v) is 14.3. The second-order valence-electron chi connectivity index (χ2n) is 9.08. The Kier molecular flexibility index (Phi) is 2.63. The van der Waals surface area contributed by atoms with Gasteiger partial charge in [0.2, 0.25) is 0 Å². The van der Waals surface area contributed by atoms with E-state index in [1.54, 1.807) is 0 Å². The van der Waals surface area contributed by atoms with E-state index in [0.717, 1.165) is 11.3 Å². The van der Waals surface area contributed by atoms with Crippen LogP contribution in [0.2, 0.25) is 0 Å². The van der Waals surface area contributed by atoms with Gasteiger partial charge in [0, 0.05) is 57.0 Å². The van der Waals surface area contributed by atoms with Gasteiger partial charge in [-0.2, -0.15) is 0 Å². The number of aromatic nitrogens is 3. The molecule has 0 spiro atoms. The van der Waals surface area contributed by atoms with Crippen molar-refractivity contribution in [2.24, 2.45) is 0 Å². The molecule has 0 radical (unpaired) electrons. The molecule has 0 atom stereocenters. The number of benzene rings is 6. The van der Waals surface area contributed by atoms with Crippen molar-refractivity contribution in [1.29, 1.82) is 0 Å². The van der Waals surface area contributed by atoms with Crippen LogP contribution in [0.25, 0.3) is 85.6 Å². The molecule has 0 bridgehead atoms. The molecule has 5 heteroatoms. The average Bonchev–Trinajstić information content (AvgIpc) is 3.90. The van der Waals surface area contributed by atoms with Gasteiger partial charge in [-0.1, -0.05) is 109 Å². The van der Waals surface area contributed by atoms with Crippen LogP contribution in [0.4, 0.5) is 0 Å². The molecule has 9 rings (SSSR count). The number of hydrogen-bond acceptors (Lipinski definition) is 5. The minimum Gasteiger partial charge on any atom is -0.208 e. The molecule has 3 heterocycles. The van der Waals surface area contributed by atoms with E-state index in [0.29, 0.717) is 11.3 Å². The van der Waals surface area contributed by atoms with Gasteiger partial charge in [0.05, 0.1) is 31.5 Å². The molecule has 0 fully saturated rings. The zero-order valence-electron chi connectivity index (χ0n) is 44.7. The molecule has 0 saturated heterocycles. The average molecular weight is 621 g/mol. The zero-order chi connectivity index (χ0) is 49.1. The second-order valence-corrected chi connectivity index (χ2v) is 11.1. The summed E-state index contributed by atoms with van der Waals surface area (Å²) < 4.78 is 199. The maximum atomic E-state index is 9.52. The molecule has 0 unspecified atom stereocenters. The highest BCUT2D eigenvalue weighted by Gasteiger charge is 2.17. The molecular formula is C39H23N3S2. The Morgan fingerprint density at radius 1 is 0.386 bits per heavy atom. The van der Waals surface area contributed by atoms with Crippen molar-refractivity contribution in [1.82, 2.24) is 15.0 Å². The van der Waals surface area contributed by atoms with Crippen molar-refractivity contribution in [3.8, 4) is 45.3 Å². The predicted molar refractivity (Wildman–Crippen MR) is 187 cm³/mol. The summed E-state index contributed by atoms with van der Waals surface area (Å²) in [4.78, 5) is 13.3. The molecule has 0 saturated carbocycles. The highest BCUT2D eigenvalue weighted by Crippen LogP contribution is 2.41. The summed E-state index contributed by atoms with van der Waals surface area (Å²) in [6, 6.07) is -16.1. The van der Waals surface area contributed by atoms with E-state index in [2.05, 4.69) is 15.0 Å². The van der Waals surface area contributed by atoms with Gasteiger partial charge >= 0.3 is 0 Å². The van der Waals surface area contributed by atoms with E-state index in [1.807, 2.05) is 0 Å². The summed E-state index contributed by atoms with van der Waals surface area (Å²) in [5, 5.41) is -0.812. The first kappa shape index (κ1) is 11.4. The quantitative estimate of drug-likeness (QED) is 0.196. The Hall–Kier alpha value is -5.23. The first-order chi connectivity index (χ1) is 31.4. The smallest absolute Gasteiger partial charge is 0.165 e. The van der Waals surface area contributed by atoms with Crippen LogP contribution in [0.1, 0.15) is 31.5 Å². The van der Waals surface area contributed by atoms with Crippen LogP contribution in [0.15, 0.2) is 139 Å². The van der Waals surface area contributed by atoms with Gasteiger partial charge in [0.1, 0.15) is 0 Å². The zero-order valence-corrected chi connectivity index (χ0v) is 23.3. The van der Waals surface area contributed by atoms with Gasteiger partial charge in [-0.15, -0.1) is 22.7 Å². The van der Waals surface area contributed by atoms with Crippen molar-refractivity contribution in [2.75, 3.05) is 0 Å². The van der Waals surface area contributed by atoms with E-state index in [4.69, 9.17) is 26.0 Å². The van der Waals surface area contributed by atoms with Crippen molar-refractivity contribution in [3.05, 3.63) is 139 Å². The Morgan fingerprint density at radius 3 is 1.86 bits per heavy atom. The lowest BCUT2D eigenvalue weighted by Gasteiger charge is -2.09. The lowest BCUT2D eigenvalue weighted by Crippen LogP contribution is -2.00. The summed E-state index contributed by atoms with van der Waals surface area (Å²) in [5.74, 6) is -1.89. The number of hydrogen-bond donors (Lipinski definition) is 0. The highest BCUT2D eigenvalue weighted by atomic mass is 32.1. The topological polar surface area (TPSA) is 38.7 Å². The Bertz CT molecular complexity index is 3750. The lowest BCUT2D eigenvalue weighted by molar-refractivity contribution is 1.08. The summed E-state index contributed by atoms with van der Waals surface area (Å²) in [7, 11) is 0. The van der Waals surface area contributed by atoms with Gasteiger partial charge in [0.25, 0.3) is 0 Å². The van der Waals surface area contributed by atoms with Crippen molar-refractivity contribution >= 4 is 63.0 Å². The molecule has 3 aromatic heterocycles. The molecule has 0 N–H and O–H groups in total. The van der Waals surface area contributed by atoms with Gasteiger partial charge in [0.15, 0.2) is 17.5 Å². The molecule has 0 amide bonds. The van der Waals surface area contributed by atoms with Crippen LogP contribution >= 0.6 is 22.7 Å². The SMILES string of the molecule is [2H]c1c([2H])c([2H])c(-c2nc(-c3c([2H])c([2H])c4c(sc5c([2H])c([2H])c(-c6c([2H])c([2H])c([2H])c([2H])c6[2H])c([2H])c54)c3[2H])nc(-c3c([2H])c([2H])c([2H])c4c3sc3c([2H])c([2H])c([2H])c([2H])c34)n2)c([2H])c1[2H]. The van der Waals surface area contributed by atoms with E-state index in [1.165, 1.54) is 0 Å². The third kappa shape index (κ3) is 4.21. The molecule has 0 aliphatic carbocycles. The van der Waals surface area contributed by atoms with E-state index < -0.39 is 179 Å². The standard InChI is InChI=1S/C39H23N3S2/c1-3-10-24(11-4-1)26-19-21-34-32(22-26)29-20-18-27(23-35(29)43-34)38-40-37(25-12-5-2-6-13-25)41-39(42-38)31-16-9-15-30-28-14-7-8-17-33(28)44-36(30)31/h1-23H/i1D,2D,3D,4D,5D,6D,7D,8D,9D,10D,11D,12D,13D,14D,15D,16D,17D,18D,19D,20D,21D,22D,23D. The van der Waals surface area contributed by atoms with Crippen LogP contribution < -0.4 is 0 Å². The first-order valence-electron chi connectivity index (χ1n) is 24.2. The molecule has 0 aliphatic heterocycles. The van der Waals surface area contributed by atoms with Gasteiger partial charge in [-0.25, -0.2) is 15.0 Å². The fourth-order valence-corrected chi connectivity index (χ4v) is 6.59.